The van der Waals surface area contributed by atoms with Gasteiger partial charge in [0.1, 0.15) is 13.3 Å². The number of azo groups is 1. The molecule has 0 atom stereocenters. The lowest BCUT2D eigenvalue weighted by Crippen LogP contribution is -2.04. The molecule has 0 spiro atoms. The van der Waals surface area contributed by atoms with E-state index in [1.807, 2.05) is 0 Å². The van der Waals surface area contributed by atoms with Crippen LogP contribution >= 0.6 is 0 Å². The summed E-state index contributed by atoms with van der Waals surface area (Å²) in [6, 6.07) is 0. The van der Waals surface area contributed by atoms with Crippen molar-refractivity contribution in [1.82, 2.24) is 15.5 Å². The minimum atomic E-state index is 0.708. The topological polar surface area (TPSA) is 75.7 Å². The van der Waals surface area contributed by atoms with Crippen LogP contribution in [0.3, 0.4) is 0 Å². The molecular weight excluding hydrogens is 134 g/mol. The SMILES string of the molecule is C1N=NCN1.c1nnco1. The normalized spacial score (nSPS) is 14.4. The smallest absolute Gasteiger partial charge is 0.203 e. The monoisotopic (exact) mass is 141 g/mol. The highest BCUT2D eigenvalue weighted by Gasteiger charge is 1.83. The summed E-state index contributed by atoms with van der Waals surface area (Å²) in [4.78, 5) is 0. The summed E-state index contributed by atoms with van der Waals surface area (Å²) in [6.45, 7) is 1.42. The van der Waals surface area contributed by atoms with Crippen molar-refractivity contribution in [2.75, 3.05) is 13.3 Å². The summed E-state index contributed by atoms with van der Waals surface area (Å²) in [7, 11) is 0. The maximum Gasteiger partial charge on any atom is 0.203 e. The van der Waals surface area contributed by atoms with Crippen molar-refractivity contribution in [3.8, 4) is 0 Å². The third-order valence-corrected chi connectivity index (χ3v) is 0.748. The van der Waals surface area contributed by atoms with Crippen molar-refractivity contribution in [2.24, 2.45) is 10.2 Å². The van der Waals surface area contributed by atoms with E-state index in [2.05, 4.69) is 30.2 Å². The van der Waals surface area contributed by atoms with Gasteiger partial charge < -0.3 is 4.42 Å². The number of hydrogen-bond acceptors (Lipinski definition) is 6. The van der Waals surface area contributed by atoms with Crippen LogP contribution in [-0.4, -0.2) is 23.5 Å². The molecule has 0 aromatic carbocycles. The van der Waals surface area contributed by atoms with Crippen LogP contribution in [0, 0.1) is 0 Å². The van der Waals surface area contributed by atoms with Crippen LogP contribution in [0.4, 0.5) is 0 Å². The molecule has 6 nitrogen and oxygen atoms in total. The van der Waals surface area contributed by atoms with Gasteiger partial charge in [0.15, 0.2) is 0 Å². The van der Waals surface area contributed by atoms with E-state index in [4.69, 9.17) is 0 Å². The molecule has 0 saturated heterocycles. The summed E-state index contributed by atoms with van der Waals surface area (Å²) < 4.78 is 4.36. The third-order valence-electron chi connectivity index (χ3n) is 0.748. The standard InChI is InChI=1S/C2H5N3.C2H2N2O/c1-3-2-5-4-1;1-3-4-2-5-1/h3H,1-2H2;1-2H. The predicted molar refractivity (Wildman–Crippen MR) is 32.0 cm³/mol. The van der Waals surface area contributed by atoms with Crippen molar-refractivity contribution < 1.29 is 4.42 Å². The van der Waals surface area contributed by atoms with Gasteiger partial charge in [-0.1, -0.05) is 0 Å². The first-order valence-corrected chi connectivity index (χ1v) is 2.73. The van der Waals surface area contributed by atoms with Crippen molar-refractivity contribution in [3.63, 3.8) is 0 Å². The van der Waals surface area contributed by atoms with E-state index in [9.17, 15) is 0 Å². The van der Waals surface area contributed by atoms with Gasteiger partial charge in [0.25, 0.3) is 0 Å². The lowest BCUT2D eigenvalue weighted by molar-refractivity contribution is 0.553. The molecule has 0 amide bonds. The fraction of sp³-hybridized carbons (Fsp3) is 0.500. The lowest BCUT2D eigenvalue weighted by Gasteiger charge is -1.72. The van der Waals surface area contributed by atoms with Gasteiger partial charge in [0.2, 0.25) is 12.8 Å². The maximum absolute atomic E-state index is 4.36. The Morgan fingerprint density at radius 3 is 1.90 bits per heavy atom. The molecule has 54 valence electrons. The van der Waals surface area contributed by atoms with E-state index in [0.717, 1.165) is 0 Å². The van der Waals surface area contributed by atoms with Crippen molar-refractivity contribution in [3.05, 3.63) is 12.8 Å². The van der Waals surface area contributed by atoms with Crippen molar-refractivity contribution in [2.45, 2.75) is 0 Å². The zero-order chi connectivity index (χ0) is 7.07. The first kappa shape index (κ1) is 6.81. The molecule has 1 aromatic heterocycles. The van der Waals surface area contributed by atoms with E-state index in [1.54, 1.807) is 0 Å². The second-order valence-electron chi connectivity index (χ2n) is 1.43. The summed E-state index contributed by atoms with van der Waals surface area (Å²) in [5, 5.41) is 16.7. The molecule has 1 aliphatic heterocycles. The van der Waals surface area contributed by atoms with Gasteiger partial charge >= 0.3 is 0 Å². The molecule has 0 aliphatic carbocycles. The quantitative estimate of drug-likeness (QED) is 0.552. The Morgan fingerprint density at radius 1 is 1.10 bits per heavy atom. The highest BCUT2D eigenvalue weighted by atomic mass is 16.3. The Balaban J connectivity index is 0.0000001000. The highest BCUT2D eigenvalue weighted by Crippen LogP contribution is 1.76. The van der Waals surface area contributed by atoms with E-state index in [-0.39, 0.29) is 0 Å². The van der Waals surface area contributed by atoms with E-state index >= 15 is 0 Å². The number of nitrogens with one attached hydrogen (secondary N) is 1. The Bertz CT molecular complexity index is 149. The molecule has 0 fully saturated rings. The van der Waals surface area contributed by atoms with E-state index in [1.165, 1.54) is 12.8 Å². The van der Waals surface area contributed by atoms with E-state index < -0.39 is 0 Å². The van der Waals surface area contributed by atoms with Crippen LogP contribution in [0.2, 0.25) is 0 Å². The maximum atomic E-state index is 4.36. The second-order valence-corrected chi connectivity index (χ2v) is 1.43. The zero-order valence-corrected chi connectivity index (χ0v) is 5.27. The largest absolute Gasteiger partial charge is 0.431 e. The minimum Gasteiger partial charge on any atom is -0.431 e. The van der Waals surface area contributed by atoms with Crippen molar-refractivity contribution in [1.29, 1.82) is 0 Å². The van der Waals surface area contributed by atoms with Gasteiger partial charge in [-0.2, -0.15) is 10.2 Å². The number of nitrogens with zero attached hydrogens (tertiary/aromatic N) is 4. The molecule has 0 bridgehead atoms. The molecule has 0 saturated carbocycles. The van der Waals surface area contributed by atoms with Gasteiger partial charge in [-0.25, -0.2) is 0 Å². The Labute approximate surface area is 57.4 Å². The molecule has 0 radical (unpaired) electrons. The van der Waals surface area contributed by atoms with Gasteiger partial charge in [0, 0.05) is 0 Å². The van der Waals surface area contributed by atoms with Gasteiger partial charge in [-0.15, -0.1) is 10.2 Å². The van der Waals surface area contributed by atoms with Gasteiger partial charge in [0.05, 0.1) is 0 Å². The van der Waals surface area contributed by atoms with Gasteiger partial charge in [-0.3, -0.25) is 5.32 Å². The first-order valence-electron chi connectivity index (χ1n) is 2.73. The summed E-state index contributed by atoms with van der Waals surface area (Å²) >= 11 is 0. The molecule has 1 aliphatic rings. The Kier molecular flexibility index (Phi) is 3.11. The molecule has 0 unspecified atom stereocenters. The van der Waals surface area contributed by atoms with Gasteiger partial charge in [-0.05, 0) is 0 Å². The molecule has 1 aromatic rings. The van der Waals surface area contributed by atoms with Crippen LogP contribution in [0.1, 0.15) is 0 Å². The summed E-state index contributed by atoms with van der Waals surface area (Å²) in [5.41, 5.74) is 0. The predicted octanol–water partition coefficient (Wildman–Crippen LogP) is 0.0264. The van der Waals surface area contributed by atoms with Crippen LogP contribution in [0.25, 0.3) is 0 Å². The fourth-order valence-corrected chi connectivity index (χ4v) is 0.386. The number of rotatable bonds is 0. The average molecular weight is 141 g/mol. The average Bonchev–Trinajstić information content (AvgIpc) is 2.67. The van der Waals surface area contributed by atoms with Crippen LogP contribution in [0.15, 0.2) is 27.4 Å². The Hall–Kier alpha value is -1.30. The minimum absolute atomic E-state index is 0.708. The molecule has 2 heterocycles. The van der Waals surface area contributed by atoms with Crippen molar-refractivity contribution >= 4 is 0 Å². The zero-order valence-electron chi connectivity index (χ0n) is 5.27. The Morgan fingerprint density at radius 2 is 1.70 bits per heavy atom. The molecule has 2 rings (SSSR count). The van der Waals surface area contributed by atoms with Crippen LogP contribution < -0.4 is 5.32 Å². The van der Waals surface area contributed by atoms with Crippen LogP contribution in [0.5, 0.6) is 0 Å². The second kappa shape index (κ2) is 4.57. The highest BCUT2D eigenvalue weighted by molar-refractivity contribution is 4.42. The first-order chi connectivity index (χ1) is 5.00. The molecule has 6 heteroatoms. The molecule has 1 N–H and O–H groups in total. The lowest BCUT2D eigenvalue weighted by atomic mass is 11.1. The summed E-state index contributed by atoms with van der Waals surface area (Å²) in [6.07, 6.45) is 2.53. The molecular formula is C4H7N5O. The van der Waals surface area contributed by atoms with E-state index in [0.29, 0.717) is 13.3 Å². The number of hydrogen-bond donors (Lipinski definition) is 1. The number of aromatic nitrogens is 2. The molecule has 10 heavy (non-hydrogen) atoms. The van der Waals surface area contributed by atoms with Crippen LogP contribution in [-0.2, 0) is 0 Å². The fourth-order valence-electron chi connectivity index (χ4n) is 0.386. The summed E-state index contributed by atoms with van der Waals surface area (Å²) in [5.74, 6) is 0. The third kappa shape index (κ3) is 2.88.